The van der Waals surface area contributed by atoms with E-state index in [0.717, 1.165) is 26.2 Å². The number of carboxylic acid groups (broad SMARTS) is 1. The molecule has 21 heavy (non-hydrogen) atoms. The van der Waals surface area contributed by atoms with E-state index in [-0.39, 0.29) is 5.91 Å². The molecule has 2 N–H and O–H groups in total. The van der Waals surface area contributed by atoms with Crippen molar-refractivity contribution in [1.29, 1.82) is 0 Å². The quantitative estimate of drug-likeness (QED) is 0.743. The molecule has 1 amide bonds. The van der Waals surface area contributed by atoms with Crippen molar-refractivity contribution in [2.24, 2.45) is 11.8 Å². The zero-order chi connectivity index (χ0) is 15.4. The van der Waals surface area contributed by atoms with Crippen molar-refractivity contribution in [1.82, 2.24) is 14.7 Å². The van der Waals surface area contributed by atoms with Crippen LogP contribution < -0.4 is 5.32 Å². The van der Waals surface area contributed by atoms with Crippen molar-refractivity contribution < 1.29 is 14.7 Å². The van der Waals surface area contributed by atoms with Crippen LogP contribution in [0.3, 0.4) is 0 Å². The lowest BCUT2D eigenvalue weighted by Crippen LogP contribution is -2.27. The Morgan fingerprint density at radius 1 is 1.43 bits per heavy atom. The molecule has 1 aliphatic rings. The molecule has 1 saturated carbocycles. The number of likely N-dealkylation sites (N-methyl/N-ethyl adjacent to an activating group) is 1. The first-order chi connectivity index (χ1) is 10.0. The van der Waals surface area contributed by atoms with Crippen LogP contribution in [0.15, 0.2) is 12.4 Å². The summed E-state index contributed by atoms with van der Waals surface area (Å²) < 4.78 is 1.79. The highest BCUT2D eigenvalue weighted by Crippen LogP contribution is 2.39. The maximum Gasteiger partial charge on any atom is 0.307 e. The van der Waals surface area contributed by atoms with Gasteiger partial charge in [-0.15, -0.1) is 0 Å². The van der Waals surface area contributed by atoms with Crippen molar-refractivity contribution in [2.75, 3.05) is 25.0 Å². The summed E-state index contributed by atoms with van der Waals surface area (Å²) in [4.78, 5) is 24.9. The summed E-state index contributed by atoms with van der Waals surface area (Å²) in [6.45, 7) is 7.91. The van der Waals surface area contributed by atoms with Gasteiger partial charge in [-0.1, -0.05) is 13.8 Å². The standard InChI is InChI=1S/C14H22N4O3/c1-3-17(4-2)5-6-18-9-10(8-15-18)16-13(19)11-7-12(11)14(20)21/h8-9,11-12H,3-7H2,1-2H3,(H,16,19)(H,20,21)/t11-,12+/m1/s1. The van der Waals surface area contributed by atoms with Gasteiger partial charge in [0.25, 0.3) is 0 Å². The number of carbonyl (C=O) groups excluding carboxylic acids is 1. The molecule has 1 aromatic heterocycles. The van der Waals surface area contributed by atoms with E-state index in [4.69, 9.17) is 5.11 Å². The molecule has 0 radical (unpaired) electrons. The molecule has 7 nitrogen and oxygen atoms in total. The van der Waals surface area contributed by atoms with E-state index >= 15 is 0 Å². The Morgan fingerprint density at radius 2 is 2.14 bits per heavy atom. The summed E-state index contributed by atoms with van der Waals surface area (Å²) in [5, 5.41) is 15.7. The largest absolute Gasteiger partial charge is 0.481 e. The van der Waals surface area contributed by atoms with Gasteiger partial charge in [0.2, 0.25) is 5.91 Å². The third-order valence-corrected chi connectivity index (χ3v) is 3.88. The molecule has 0 aromatic carbocycles. The molecule has 7 heteroatoms. The average molecular weight is 294 g/mol. The van der Waals surface area contributed by atoms with Gasteiger partial charge in [-0.05, 0) is 19.5 Å². The number of hydrogen-bond acceptors (Lipinski definition) is 4. The van der Waals surface area contributed by atoms with Gasteiger partial charge in [-0.25, -0.2) is 0 Å². The molecule has 2 rings (SSSR count). The zero-order valence-corrected chi connectivity index (χ0v) is 12.5. The number of anilines is 1. The van der Waals surface area contributed by atoms with Gasteiger partial charge in [-0.2, -0.15) is 5.10 Å². The normalized spacial score (nSPS) is 20.5. The fraction of sp³-hybridized carbons (Fsp3) is 0.643. The van der Waals surface area contributed by atoms with Crippen LogP contribution in [0.1, 0.15) is 20.3 Å². The molecular formula is C14H22N4O3. The van der Waals surface area contributed by atoms with E-state index in [9.17, 15) is 9.59 Å². The summed E-state index contributed by atoms with van der Waals surface area (Å²) >= 11 is 0. The maximum atomic E-state index is 11.8. The van der Waals surface area contributed by atoms with Crippen molar-refractivity contribution in [3.05, 3.63) is 12.4 Å². The molecule has 0 unspecified atom stereocenters. The number of carbonyl (C=O) groups is 2. The molecular weight excluding hydrogens is 272 g/mol. The lowest BCUT2D eigenvalue weighted by molar-refractivity contribution is -0.139. The molecule has 1 fully saturated rings. The van der Waals surface area contributed by atoms with Crippen molar-refractivity contribution in [3.63, 3.8) is 0 Å². The summed E-state index contributed by atoms with van der Waals surface area (Å²) in [5.74, 6) is -2.06. The van der Waals surface area contributed by atoms with E-state index in [1.807, 2.05) is 0 Å². The van der Waals surface area contributed by atoms with Crippen LogP contribution in [0, 0.1) is 11.8 Å². The molecule has 0 aliphatic heterocycles. The first-order valence-corrected chi connectivity index (χ1v) is 7.33. The monoisotopic (exact) mass is 294 g/mol. The molecule has 0 bridgehead atoms. The zero-order valence-electron chi connectivity index (χ0n) is 12.5. The molecule has 116 valence electrons. The number of hydrogen-bond donors (Lipinski definition) is 2. The third-order valence-electron chi connectivity index (χ3n) is 3.88. The Hall–Kier alpha value is -1.89. The van der Waals surface area contributed by atoms with Crippen LogP contribution in [0.25, 0.3) is 0 Å². The van der Waals surface area contributed by atoms with E-state index in [0.29, 0.717) is 12.1 Å². The van der Waals surface area contributed by atoms with Gasteiger partial charge in [0.15, 0.2) is 0 Å². The minimum absolute atomic E-state index is 0.231. The van der Waals surface area contributed by atoms with Crippen LogP contribution in [0.2, 0.25) is 0 Å². The van der Waals surface area contributed by atoms with Crippen LogP contribution >= 0.6 is 0 Å². The molecule has 1 aliphatic carbocycles. The van der Waals surface area contributed by atoms with Crippen molar-refractivity contribution in [2.45, 2.75) is 26.8 Å². The number of aliphatic carboxylic acids is 1. The number of nitrogens with zero attached hydrogens (tertiary/aromatic N) is 3. The topological polar surface area (TPSA) is 87.5 Å². The Morgan fingerprint density at radius 3 is 2.71 bits per heavy atom. The second-order valence-electron chi connectivity index (χ2n) is 5.30. The summed E-state index contributed by atoms with van der Waals surface area (Å²) in [6, 6.07) is 0. The van der Waals surface area contributed by atoms with Gasteiger partial charge in [0, 0.05) is 12.7 Å². The number of amides is 1. The van der Waals surface area contributed by atoms with Crippen LogP contribution in [0.5, 0.6) is 0 Å². The highest BCUT2D eigenvalue weighted by Gasteiger charge is 2.48. The Bertz CT molecular complexity index is 510. The first-order valence-electron chi connectivity index (χ1n) is 7.33. The van der Waals surface area contributed by atoms with E-state index in [2.05, 4.69) is 29.2 Å². The minimum atomic E-state index is -0.898. The van der Waals surface area contributed by atoms with E-state index in [1.165, 1.54) is 0 Å². The summed E-state index contributed by atoms with van der Waals surface area (Å²) in [6.07, 6.45) is 3.80. The molecule has 2 atom stereocenters. The van der Waals surface area contributed by atoms with E-state index in [1.54, 1.807) is 17.1 Å². The van der Waals surface area contributed by atoms with Gasteiger partial charge >= 0.3 is 5.97 Å². The Labute approximate surface area is 123 Å². The van der Waals surface area contributed by atoms with Crippen LogP contribution in [-0.4, -0.2) is 51.3 Å². The van der Waals surface area contributed by atoms with Crippen LogP contribution in [0.4, 0.5) is 5.69 Å². The van der Waals surface area contributed by atoms with Gasteiger partial charge in [0.05, 0.1) is 30.3 Å². The van der Waals surface area contributed by atoms with E-state index < -0.39 is 17.8 Å². The minimum Gasteiger partial charge on any atom is -0.481 e. The summed E-state index contributed by atoms with van der Waals surface area (Å²) in [5.41, 5.74) is 0.621. The average Bonchev–Trinajstić information content (AvgIpc) is 3.16. The Kier molecular flexibility index (Phi) is 4.95. The molecule has 0 spiro atoms. The number of nitrogens with one attached hydrogen (secondary N) is 1. The number of aromatic nitrogens is 2. The van der Waals surface area contributed by atoms with Crippen molar-refractivity contribution >= 4 is 17.6 Å². The van der Waals surface area contributed by atoms with Gasteiger partial charge in [-0.3, -0.25) is 14.3 Å². The van der Waals surface area contributed by atoms with Gasteiger partial charge in [0.1, 0.15) is 0 Å². The lowest BCUT2D eigenvalue weighted by atomic mass is 10.3. The predicted octanol–water partition coefficient (Wildman–Crippen LogP) is 0.884. The van der Waals surface area contributed by atoms with Crippen molar-refractivity contribution in [3.8, 4) is 0 Å². The molecule has 1 heterocycles. The number of rotatable bonds is 8. The highest BCUT2D eigenvalue weighted by atomic mass is 16.4. The fourth-order valence-electron chi connectivity index (χ4n) is 2.33. The second-order valence-corrected chi connectivity index (χ2v) is 5.30. The molecule has 0 saturated heterocycles. The summed E-state index contributed by atoms with van der Waals surface area (Å²) in [7, 11) is 0. The highest BCUT2D eigenvalue weighted by molar-refractivity contribution is 5.98. The van der Waals surface area contributed by atoms with Crippen LogP contribution in [-0.2, 0) is 16.1 Å². The van der Waals surface area contributed by atoms with Gasteiger partial charge < -0.3 is 15.3 Å². The second kappa shape index (κ2) is 6.71. The third kappa shape index (κ3) is 4.04. The smallest absolute Gasteiger partial charge is 0.307 e. The first kappa shape index (κ1) is 15.5. The fourth-order valence-corrected chi connectivity index (χ4v) is 2.33. The Balaban J connectivity index is 1.80. The lowest BCUT2D eigenvalue weighted by Gasteiger charge is -2.17. The maximum absolute atomic E-state index is 11.8. The molecule has 1 aromatic rings. The predicted molar refractivity (Wildman–Crippen MR) is 77.9 cm³/mol. The number of carboxylic acids is 1. The SMILES string of the molecule is CCN(CC)CCn1cc(NC(=O)[C@@H]2C[C@@H]2C(=O)O)cn1.